The van der Waals surface area contributed by atoms with Crippen LogP contribution in [0.1, 0.15) is 31.7 Å². The van der Waals surface area contributed by atoms with Gasteiger partial charge in [-0.05, 0) is 63.4 Å². The highest BCUT2D eigenvalue weighted by atomic mass is 32.2. The summed E-state index contributed by atoms with van der Waals surface area (Å²) in [5, 5.41) is 9.65. The highest BCUT2D eigenvalue weighted by Gasteiger charge is 2.20. The van der Waals surface area contributed by atoms with Gasteiger partial charge in [-0.3, -0.25) is 9.36 Å². The molecule has 1 saturated heterocycles. The minimum absolute atomic E-state index is 0.169. The zero-order valence-electron chi connectivity index (χ0n) is 18.1. The maximum absolute atomic E-state index is 12.7. The van der Waals surface area contributed by atoms with Crippen LogP contribution in [-0.4, -0.2) is 51.0 Å². The van der Waals surface area contributed by atoms with Gasteiger partial charge in [-0.2, -0.15) is 0 Å². The molecule has 3 aromatic rings. The van der Waals surface area contributed by atoms with Crippen LogP contribution in [0.4, 0.5) is 0 Å². The molecule has 31 heavy (non-hydrogen) atoms. The molecule has 162 valence electrons. The molecule has 1 amide bonds. The van der Waals surface area contributed by atoms with E-state index in [1.807, 2.05) is 52.8 Å². The molecule has 0 radical (unpaired) electrons. The summed E-state index contributed by atoms with van der Waals surface area (Å²) in [6.45, 7) is 6.38. The second-order valence-electron chi connectivity index (χ2n) is 7.67. The van der Waals surface area contributed by atoms with Crippen molar-refractivity contribution in [2.45, 2.75) is 38.3 Å². The van der Waals surface area contributed by atoms with E-state index >= 15 is 0 Å². The van der Waals surface area contributed by atoms with Crippen LogP contribution < -0.4 is 4.74 Å². The van der Waals surface area contributed by atoms with E-state index in [2.05, 4.69) is 29.3 Å². The number of likely N-dealkylation sites (tertiary alicyclic amines) is 1. The number of amides is 1. The second-order valence-corrected chi connectivity index (χ2v) is 8.61. The third-order valence-electron chi connectivity index (χ3n) is 5.35. The predicted molar refractivity (Wildman–Crippen MR) is 124 cm³/mol. The summed E-state index contributed by atoms with van der Waals surface area (Å²) in [6, 6.07) is 16.1. The van der Waals surface area contributed by atoms with Crippen LogP contribution in [-0.2, 0) is 4.79 Å². The number of aromatic nitrogens is 3. The van der Waals surface area contributed by atoms with Crippen molar-refractivity contribution in [1.29, 1.82) is 0 Å². The first-order valence-electron chi connectivity index (χ1n) is 10.8. The Morgan fingerprint density at radius 3 is 2.55 bits per heavy atom. The van der Waals surface area contributed by atoms with Crippen molar-refractivity contribution in [2.24, 2.45) is 0 Å². The molecule has 6 nitrogen and oxygen atoms in total. The molecule has 0 unspecified atom stereocenters. The lowest BCUT2D eigenvalue weighted by Gasteiger charge is -2.26. The molecule has 0 bridgehead atoms. The topological polar surface area (TPSA) is 60.2 Å². The van der Waals surface area contributed by atoms with Gasteiger partial charge in [-0.25, -0.2) is 0 Å². The maximum atomic E-state index is 12.7. The standard InChI is InChI=1S/C24H28N4O2S/c1-3-30-21-12-10-20(11-13-21)28-23(19-9-7-8-18(2)16-19)25-26-24(28)31-17-22(29)27-14-5-4-6-15-27/h7-13,16H,3-6,14-15,17H2,1-2H3. The molecule has 0 saturated carbocycles. The lowest BCUT2D eigenvalue weighted by molar-refractivity contribution is -0.129. The monoisotopic (exact) mass is 436 g/mol. The highest BCUT2D eigenvalue weighted by molar-refractivity contribution is 7.99. The van der Waals surface area contributed by atoms with E-state index in [1.165, 1.54) is 18.2 Å². The lowest BCUT2D eigenvalue weighted by Crippen LogP contribution is -2.36. The summed E-state index contributed by atoms with van der Waals surface area (Å²) in [7, 11) is 0. The lowest BCUT2D eigenvalue weighted by atomic mass is 10.1. The van der Waals surface area contributed by atoms with Gasteiger partial charge in [0.25, 0.3) is 0 Å². The number of carbonyl (C=O) groups is 1. The Morgan fingerprint density at radius 1 is 1.06 bits per heavy atom. The van der Waals surface area contributed by atoms with Crippen molar-refractivity contribution >= 4 is 17.7 Å². The van der Waals surface area contributed by atoms with E-state index in [0.717, 1.165) is 54.3 Å². The largest absolute Gasteiger partial charge is 0.494 e. The Kier molecular flexibility index (Phi) is 6.92. The quantitative estimate of drug-likeness (QED) is 0.501. The van der Waals surface area contributed by atoms with Gasteiger partial charge in [-0.1, -0.05) is 35.5 Å². The third-order valence-corrected chi connectivity index (χ3v) is 6.26. The Hall–Kier alpha value is -2.80. The van der Waals surface area contributed by atoms with Crippen molar-refractivity contribution in [3.05, 3.63) is 54.1 Å². The van der Waals surface area contributed by atoms with Crippen molar-refractivity contribution < 1.29 is 9.53 Å². The van der Waals surface area contributed by atoms with Gasteiger partial charge in [-0.15, -0.1) is 10.2 Å². The summed E-state index contributed by atoms with van der Waals surface area (Å²) >= 11 is 1.44. The maximum Gasteiger partial charge on any atom is 0.233 e. The summed E-state index contributed by atoms with van der Waals surface area (Å²) in [4.78, 5) is 14.7. The fourth-order valence-corrected chi connectivity index (χ4v) is 4.64. The van der Waals surface area contributed by atoms with Gasteiger partial charge in [0.05, 0.1) is 12.4 Å². The van der Waals surface area contributed by atoms with Crippen molar-refractivity contribution in [3.8, 4) is 22.8 Å². The van der Waals surface area contributed by atoms with Crippen LogP contribution in [0.25, 0.3) is 17.1 Å². The Labute approximate surface area is 187 Å². The van der Waals surface area contributed by atoms with Gasteiger partial charge in [0.15, 0.2) is 11.0 Å². The number of hydrogen-bond donors (Lipinski definition) is 0. The van der Waals surface area contributed by atoms with E-state index in [-0.39, 0.29) is 5.91 Å². The normalized spacial score (nSPS) is 13.9. The molecule has 7 heteroatoms. The number of aryl methyl sites for hydroxylation is 1. The third kappa shape index (κ3) is 5.10. The average molecular weight is 437 g/mol. The van der Waals surface area contributed by atoms with Gasteiger partial charge < -0.3 is 9.64 Å². The van der Waals surface area contributed by atoms with E-state index in [0.29, 0.717) is 17.5 Å². The molecule has 1 fully saturated rings. The second kappa shape index (κ2) is 10.0. The molecule has 1 aromatic heterocycles. The van der Waals surface area contributed by atoms with Gasteiger partial charge in [0, 0.05) is 24.3 Å². The molecule has 0 spiro atoms. The molecule has 0 aliphatic carbocycles. The predicted octanol–water partition coefficient (Wildman–Crippen LogP) is 4.75. The van der Waals surface area contributed by atoms with E-state index in [4.69, 9.17) is 4.74 Å². The zero-order valence-corrected chi connectivity index (χ0v) is 18.9. The first kappa shape index (κ1) is 21.4. The van der Waals surface area contributed by atoms with E-state index in [1.54, 1.807) is 0 Å². The molecule has 2 heterocycles. The Balaban J connectivity index is 1.64. The number of benzene rings is 2. The number of nitrogens with zero attached hydrogens (tertiary/aromatic N) is 4. The molecule has 0 N–H and O–H groups in total. The molecular formula is C24H28N4O2S. The van der Waals surface area contributed by atoms with Crippen LogP contribution in [0.5, 0.6) is 5.75 Å². The zero-order chi connectivity index (χ0) is 21.6. The Bertz CT molecular complexity index is 1030. The van der Waals surface area contributed by atoms with Crippen LogP contribution in [0.3, 0.4) is 0 Å². The van der Waals surface area contributed by atoms with Crippen LogP contribution in [0.2, 0.25) is 0 Å². The van der Waals surface area contributed by atoms with E-state index < -0.39 is 0 Å². The van der Waals surface area contributed by atoms with Gasteiger partial charge in [0.1, 0.15) is 5.75 Å². The van der Waals surface area contributed by atoms with Gasteiger partial charge >= 0.3 is 0 Å². The molecule has 1 aliphatic rings. The molecule has 4 rings (SSSR count). The number of hydrogen-bond acceptors (Lipinski definition) is 5. The summed E-state index contributed by atoms with van der Waals surface area (Å²) in [6.07, 6.45) is 3.40. The first-order chi connectivity index (χ1) is 15.2. The fraction of sp³-hybridized carbons (Fsp3) is 0.375. The number of ether oxygens (including phenoxy) is 1. The fourth-order valence-electron chi connectivity index (χ4n) is 3.79. The molecule has 2 aromatic carbocycles. The van der Waals surface area contributed by atoms with Crippen LogP contribution >= 0.6 is 11.8 Å². The van der Waals surface area contributed by atoms with Crippen molar-refractivity contribution in [1.82, 2.24) is 19.7 Å². The van der Waals surface area contributed by atoms with Crippen LogP contribution in [0.15, 0.2) is 53.7 Å². The minimum Gasteiger partial charge on any atom is -0.494 e. The molecule has 0 atom stereocenters. The minimum atomic E-state index is 0.169. The Morgan fingerprint density at radius 2 is 1.84 bits per heavy atom. The van der Waals surface area contributed by atoms with Crippen molar-refractivity contribution in [3.63, 3.8) is 0 Å². The number of carbonyl (C=O) groups excluding carboxylic acids is 1. The number of piperidine rings is 1. The summed E-state index contributed by atoms with van der Waals surface area (Å²) in [5.41, 5.74) is 3.10. The SMILES string of the molecule is CCOc1ccc(-n2c(SCC(=O)N3CCCCC3)nnc2-c2cccc(C)c2)cc1. The van der Waals surface area contributed by atoms with E-state index in [9.17, 15) is 4.79 Å². The first-order valence-corrected chi connectivity index (χ1v) is 11.8. The number of rotatable bonds is 7. The van der Waals surface area contributed by atoms with Crippen molar-refractivity contribution in [2.75, 3.05) is 25.4 Å². The average Bonchev–Trinajstić information content (AvgIpc) is 3.23. The highest BCUT2D eigenvalue weighted by Crippen LogP contribution is 2.29. The summed E-state index contributed by atoms with van der Waals surface area (Å²) in [5.74, 6) is 2.12. The molecular weight excluding hydrogens is 408 g/mol. The summed E-state index contributed by atoms with van der Waals surface area (Å²) < 4.78 is 7.62. The van der Waals surface area contributed by atoms with Crippen LogP contribution in [0, 0.1) is 6.92 Å². The smallest absolute Gasteiger partial charge is 0.233 e. The molecule has 1 aliphatic heterocycles. The number of thioether (sulfide) groups is 1. The van der Waals surface area contributed by atoms with Gasteiger partial charge in [0.2, 0.25) is 5.91 Å².